The van der Waals surface area contributed by atoms with Crippen molar-refractivity contribution in [2.24, 2.45) is 5.14 Å². The Balaban J connectivity index is 1.83. The molecule has 1 aromatic heterocycles. The van der Waals surface area contributed by atoms with Crippen LogP contribution in [0.25, 0.3) is 5.69 Å². The number of amides is 1. The second-order valence-electron chi connectivity index (χ2n) is 5.72. The van der Waals surface area contributed by atoms with Crippen molar-refractivity contribution in [1.29, 1.82) is 0 Å². The molecular weight excluding hydrogens is 408 g/mol. The molecule has 2 aromatic carbocycles. The number of carbonyl (C=O) groups excluding carboxylic acids is 1. The van der Waals surface area contributed by atoms with Gasteiger partial charge in [0.15, 0.2) is 0 Å². The number of aromatic nitrogens is 4. The standard InChI is InChI=1S/C16H15ClN6O4S/c1-27-15-7-14(23-9-19-21-22-23)13(17)6-12(15)16(24)20-11-4-2-10(3-5-11)8-28(18,25)26/h2-7,9H,8H2,1H3,(H,20,24)(H2,18,25,26). The fourth-order valence-electron chi connectivity index (χ4n) is 2.45. The molecule has 28 heavy (non-hydrogen) atoms. The van der Waals surface area contributed by atoms with Crippen LogP contribution in [-0.4, -0.2) is 41.6 Å². The number of methoxy groups -OCH3 is 1. The number of benzene rings is 2. The van der Waals surface area contributed by atoms with Gasteiger partial charge in [0.05, 0.1) is 29.1 Å². The Labute approximate surface area is 165 Å². The summed E-state index contributed by atoms with van der Waals surface area (Å²) in [6.45, 7) is 0. The summed E-state index contributed by atoms with van der Waals surface area (Å²) in [4.78, 5) is 12.6. The van der Waals surface area contributed by atoms with Crippen LogP contribution in [0.1, 0.15) is 15.9 Å². The van der Waals surface area contributed by atoms with E-state index in [2.05, 4.69) is 20.8 Å². The number of rotatable bonds is 6. The third kappa shape index (κ3) is 4.63. The van der Waals surface area contributed by atoms with Crippen LogP contribution in [-0.2, 0) is 15.8 Å². The van der Waals surface area contributed by atoms with Crippen molar-refractivity contribution >= 4 is 33.2 Å². The average Bonchev–Trinajstić information content (AvgIpc) is 3.16. The van der Waals surface area contributed by atoms with E-state index in [1.165, 1.54) is 24.2 Å². The average molecular weight is 423 g/mol. The van der Waals surface area contributed by atoms with Gasteiger partial charge < -0.3 is 10.1 Å². The quantitative estimate of drug-likeness (QED) is 0.610. The highest BCUT2D eigenvalue weighted by Gasteiger charge is 2.18. The number of nitrogens with zero attached hydrogens (tertiary/aromatic N) is 4. The first kappa shape index (κ1) is 19.7. The number of halogens is 1. The second-order valence-corrected chi connectivity index (χ2v) is 7.74. The van der Waals surface area contributed by atoms with E-state index < -0.39 is 15.9 Å². The Bertz CT molecular complexity index is 1100. The minimum Gasteiger partial charge on any atom is -0.496 e. The lowest BCUT2D eigenvalue weighted by Crippen LogP contribution is -2.15. The van der Waals surface area contributed by atoms with Gasteiger partial charge in [-0.25, -0.2) is 13.6 Å². The summed E-state index contributed by atoms with van der Waals surface area (Å²) in [5, 5.41) is 18.8. The van der Waals surface area contributed by atoms with Crippen LogP contribution >= 0.6 is 11.6 Å². The van der Waals surface area contributed by atoms with Gasteiger partial charge in [0.25, 0.3) is 5.91 Å². The molecule has 0 fully saturated rings. The van der Waals surface area contributed by atoms with Crippen LogP contribution in [0.4, 0.5) is 5.69 Å². The van der Waals surface area contributed by atoms with Gasteiger partial charge in [-0.2, -0.15) is 4.68 Å². The van der Waals surface area contributed by atoms with E-state index in [9.17, 15) is 13.2 Å². The summed E-state index contributed by atoms with van der Waals surface area (Å²) < 4.78 is 28.9. The number of primary sulfonamides is 1. The smallest absolute Gasteiger partial charge is 0.259 e. The van der Waals surface area contributed by atoms with Crippen molar-refractivity contribution in [3.8, 4) is 11.4 Å². The number of carbonyl (C=O) groups is 1. The summed E-state index contributed by atoms with van der Waals surface area (Å²) in [5.74, 6) is -0.469. The molecule has 10 nitrogen and oxygen atoms in total. The zero-order valence-corrected chi connectivity index (χ0v) is 16.1. The topological polar surface area (TPSA) is 142 Å². The molecule has 0 bridgehead atoms. The number of anilines is 1. The summed E-state index contributed by atoms with van der Waals surface area (Å²) >= 11 is 6.26. The van der Waals surface area contributed by atoms with Gasteiger partial charge in [-0.1, -0.05) is 23.7 Å². The third-order valence-electron chi connectivity index (χ3n) is 3.69. The van der Waals surface area contributed by atoms with Gasteiger partial charge in [0.2, 0.25) is 10.0 Å². The van der Waals surface area contributed by atoms with Gasteiger partial charge in [0.1, 0.15) is 12.1 Å². The van der Waals surface area contributed by atoms with E-state index in [1.807, 2.05) is 0 Å². The predicted molar refractivity (Wildman–Crippen MR) is 102 cm³/mol. The van der Waals surface area contributed by atoms with Gasteiger partial charge in [0, 0.05) is 11.8 Å². The van der Waals surface area contributed by atoms with Crippen LogP contribution in [0.2, 0.25) is 5.02 Å². The molecule has 0 aliphatic carbocycles. The highest BCUT2D eigenvalue weighted by molar-refractivity contribution is 7.88. The van der Waals surface area contributed by atoms with Crippen LogP contribution in [0.15, 0.2) is 42.7 Å². The number of nitrogens with one attached hydrogen (secondary N) is 1. The molecule has 1 heterocycles. The minimum absolute atomic E-state index is 0.206. The van der Waals surface area contributed by atoms with Crippen LogP contribution in [0.5, 0.6) is 5.75 Å². The lowest BCUT2D eigenvalue weighted by molar-refractivity contribution is 0.102. The lowest BCUT2D eigenvalue weighted by atomic mass is 10.1. The van der Waals surface area contributed by atoms with Gasteiger partial charge in [-0.05, 0) is 34.2 Å². The number of tetrazole rings is 1. The fourth-order valence-corrected chi connectivity index (χ4v) is 3.36. The number of hydrogen-bond donors (Lipinski definition) is 2. The Hall–Kier alpha value is -3.02. The second kappa shape index (κ2) is 7.92. The fraction of sp³-hybridized carbons (Fsp3) is 0.125. The molecule has 0 spiro atoms. The summed E-state index contributed by atoms with van der Waals surface area (Å²) in [6, 6.07) is 9.25. The molecule has 3 rings (SSSR count). The van der Waals surface area contributed by atoms with Crippen LogP contribution in [0, 0.1) is 0 Å². The van der Waals surface area contributed by atoms with Crippen molar-refractivity contribution in [2.75, 3.05) is 12.4 Å². The SMILES string of the molecule is COc1cc(-n2cnnn2)c(Cl)cc1C(=O)Nc1ccc(CS(N)(=O)=O)cc1. The Kier molecular flexibility index (Phi) is 5.58. The zero-order valence-electron chi connectivity index (χ0n) is 14.5. The first-order valence-corrected chi connectivity index (χ1v) is 9.88. The van der Waals surface area contributed by atoms with Crippen molar-refractivity contribution in [3.63, 3.8) is 0 Å². The molecule has 1 amide bonds. The van der Waals surface area contributed by atoms with E-state index in [-0.39, 0.29) is 22.1 Å². The van der Waals surface area contributed by atoms with E-state index in [0.29, 0.717) is 16.9 Å². The molecule has 0 unspecified atom stereocenters. The van der Waals surface area contributed by atoms with Crippen molar-refractivity contribution in [1.82, 2.24) is 20.2 Å². The van der Waals surface area contributed by atoms with E-state index in [4.69, 9.17) is 21.5 Å². The van der Waals surface area contributed by atoms with Crippen molar-refractivity contribution in [2.45, 2.75) is 5.75 Å². The number of hydrogen-bond acceptors (Lipinski definition) is 7. The normalized spacial score (nSPS) is 11.2. The highest BCUT2D eigenvalue weighted by atomic mass is 35.5. The minimum atomic E-state index is -3.63. The van der Waals surface area contributed by atoms with E-state index in [0.717, 1.165) is 0 Å². The number of sulfonamides is 1. The zero-order chi connectivity index (χ0) is 20.3. The monoisotopic (exact) mass is 422 g/mol. The van der Waals surface area contributed by atoms with Crippen LogP contribution in [0.3, 0.4) is 0 Å². The van der Waals surface area contributed by atoms with E-state index in [1.54, 1.807) is 30.3 Å². The lowest BCUT2D eigenvalue weighted by Gasteiger charge is -2.12. The summed E-state index contributed by atoms with van der Waals surface area (Å²) in [5.41, 5.74) is 1.63. The maximum Gasteiger partial charge on any atom is 0.259 e. The molecule has 146 valence electrons. The highest BCUT2D eigenvalue weighted by Crippen LogP contribution is 2.30. The van der Waals surface area contributed by atoms with Crippen molar-refractivity contribution in [3.05, 3.63) is 58.9 Å². The first-order valence-electron chi connectivity index (χ1n) is 7.78. The number of nitrogens with two attached hydrogens (primary N) is 1. The molecule has 0 aliphatic rings. The first-order chi connectivity index (χ1) is 13.3. The molecule has 0 aliphatic heterocycles. The predicted octanol–water partition coefficient (Wildman–Crippen LogP) is 1.37. The van der Waals surface area contributed by atoms with E-state index >= 15 is 0 Å². The molecule has 0 radical (unpaired) electrons. The molecule has 0 saturated heterocycles. The third-order valence-corrected chi connectivity index (χ3v) is 4.73. The summed E-state index contributed by atoms with van der Waals surface area (Å²) in [7, 11) is -2.21. The van der Waals surface area contributed by atoms with Gasteiger partial charge in [-0.15, -0.1) is 5.10 Å². The van der Waals surface area contributed by atoms with Gasteiger partial charge in [-0.3, -0.25) is 4.79 Å². The molecule has 0 atom stereocenters. The van der Waals surface area contributed by atoms with Crippen LogP contribution < -0.4 is 15.2 Å². The Morgan fingerprint density at radius 2 is 2.00 bits per heavy atom. The maximum absolute atomic E-state index is 12.6. The largest absolute Gasteiger partial charge is 0.496 e. The Morgan fingerprint density at radius 1 is 1.29 bits per heavy atom. The maximum atomic E-state index is 12.6. The molecule has 3 aromatic rings. The Morgan fingerprint density at radius 3 is 2.57 bits per heavy atom. The molecule has 12 heteroatoms. The van der Waals surface area contributed by atoms with Crippen molar-refractivity contribution < 1.29 is 17.9 Å². The summed E-state index contributed by atoms with van der Waals surface area (Å²) in [6.07, 6.45) is 1.36. The molecule has 0 saturated carbocycles. The molecule has 3 N–H and O–H groups in total. The molecular formula is C16H15ClN6O4S. The number of ether oxygens (including phenoxy) is 1. The van der Waals surface area contributed by atoms with Gasteiger partial charge >= 0.3 is 0 Å².